The van der Waals surface area contributed by atoms with Gasteiger partial charge >= 0.3 is 0 Å². The van der Waals surface area contributed by atoms with E-state index < -0.39 is 28.5 Å². The maximum Gasteiger partial charge on any atom is 0.264 e. The molecular formula is C34H34Cl3N3O4S. The van der Waals surface area contributed by atoms with Crippen LogP contribution in [0.15, 0.2) is 102 Å². The number of rotatable bonds is 13. The molecule has 0 fully saturated rings. The van der Waals surface area contributed by atoms with Crippen LogP contribution >= 0.6 is 34.8 Å². The number of sulfonamides is 1. The summed E-state index contributed by atoms with van der Waals surface area (Å²) < 4.78 is 29.2. The van der Waals surface area contributed by atoms with Crippen molar-refractivity contribution in [1.82, 2.24) is 10.2 Å². The van der Waals surface area contributed by atoms with Crippen LogP contribution in [0.25, 0.3) is 0 Å². The Balaban J connectivity index is 1.80. The van der Waals surface area contributed by atoms with Gasteiger partial charge in [-0.25, -0.2) is 8.42 Å². The second-order valence-corrected chi connectivity index (χ2v) is 13.7. The Morgan fingerprint density at radius 3 is 2.11 bits per heavy atom. The highest BCUT2D eigenvalue weighted by Gasteiger charge is 2.34. The number of carbonyl (C=O) groups is 2. The lowest BCUT2D eigenvalue weighted by molar-refractivity contribution is -0.140. The summed E-state index contributed by atoms with van der Waals surface area (Å²) in [6, 6.07) is 25.9. The van der Waals surface area contributed by atoms with Crippen molar-refractivity contribution in [3.63, 3.8) is 0 Å². The first-order valence-corrected chi connectivity index (χ1v) is 17.0. The fraction of sp³-hybridized carbons (Fsp3) is 0.235. The molecule has 0 saturated heterocycles. The van der Waals surface area contributed by atoms with Gasteiger partial charge in [0.25, 0.3) is 10.0 Å². The third kappa shape index (κ3) is 9.01. The summed E-state index contributed by atoms with van der Waals surface area (Å²) in [5.74, 6) is -0.937. The van der Waals surface area contributed by atoms with E-state index in [2.05, 4.69) is 5.32 Å². The van der Waals surface area contributed by atoms with Crippen molar-refractivity contribution in [2.45, 2.75) is 44.2 Å². The number of halogens is 3. The molecule has 1 unspecified atom stereocenters. The molecule has 4 rings (SSSR count). The van der Waals surface area contributed by atoms with E-state index >= 15 is 0 Å². The molecule has 45 heavy (non-hydrogen) atoms. The van der Waals surface area contributed by atoms with Crippen LogP contribution in [-0.2, 0) is 32.6 Å². The highest BCUT2D eigenvalue weighted by atomic mass is 35.5. The molecule has 1 atom stereocenters. The zero-order valence-electron chi connectivity index (χ0n) is 24.9. The Hall–Kier alpha value is -3.56. The lowest BCUT2D eigenvalue weighted by atomic mass is 10.0. The van der Waals surface area contributed by atoms with Crippen LogP contribution in [0.3, 0.4) is 0 Å². The van der Waals surface area contributed by atoms with E-state index in [0.717, 1.165) is 15.4 Å². The molecule has 0 radical (unpaired) electrons. The van der Waals surface area contributed by atoms with Gasteiger partial charge in [-0.05, 0) is 73.0 Å². The minimum Gasteiger partial charge on any atom is -0.354 e. The minimum atomic E-state index is -4.21. The molecule has 236 valence electrons. The van der Waals surface area contributed by atoms with Crippen LogP contribution in [0.1, 0.15) is 30.0 Å². The quantitative estimate of drug-likeness (QED) is 0.160. The molecule has 0 spiro atoms. The number of amides is 2. The summed E-state index contributed by atoms with van der Waals surface area (Å²) in [6.07, 6.45) is 0.902. The zero-order chi connectivity index (χ0) is 32.6. The molecule has 4 aromatic carbocycles. The average Bonchev–Trinajstić information content (AvgIpc) is 3.03. The second-order valence-electron chi connectivity index (χ2n) is 10.6. The first kappa shape index (κ1) is 34.3. The molecular weight excluding hydrogens is 653 g/mol. The van der Waals surface area contributed by atoms with Crippen molar-refractivity contribution in [2.24, 2.45) is 0 Å². The zero-order valence-corrected chi connectivity index (χ0v) is 28.0. The molecule has 0 aromatic heterocycles. The fourth-order valence-electron chi connectivity index (χ4n) is 4.73. The average molecular weight is 687 g/mol. The van der Waals surface area contributed by atoms with Crippen LogP contribution in [0, 0.1) is 6.92 Å². The summed E-state index contributed by atoms with van der Waals surface area (Å²) in [4.78, 5) is 29.6. The largest absolute Gasteiger partial charge is 0.354 e. The molecule has 2 amide bonds. The van der Waals surface area contributed by atoms with Crippen LogP contribution in [0.2, 0.25) is 15.1 Å². The molecule has 7 nitrogen and oxygen atoms in total. The van der Waals surface area contributed by atoms with E-state index in [-0.39, 0.29) is 29.5 Å². The van der Waals surface area contributed by atoms with Gasteiger partial charge < -0.3 is 10.2 Å². The molecule has 1 N–H and O–H groups in total. The van der Waals surface area contributed by atoms with E-state index in [4.69, 9.17) is 34.8 Å². The Bertz CT molecular complexity index is 1720. The third-order valence-corrected chi connectivity index (χ3v) is 9.94. The van der Waals surface area contributed by atoms with Crippen LogP contribution in [0.5, 0.6) is 0 Å². The Morgan fingerprint density at radius 1 is 0.822 bits per heavy atom. The predicted molar refractivity (Wildman–Crippen MR) is 181 cm³/mol. The van der Waals surface area contributed by atoms with Crippen molar-refractivity contribution < 1.29 is 18.0 Å². The summed E-state index contributed by atoms with van der Waals surface area (Å²) in [7, 11) is -4.21. The number of benzene rings is 4. The van der Waals surface area contributed by atoms with Gasteiger partial charge in [0.15, 0.2) is 0 Å². The number of anilines is 1. The molecule has 0 aliphatic carbocycles. The summed E-state index contributed by atoms with van der Waals surface area (Å²) in [5.41, 5.74) is 2.59. The lowest BCUT2D eigenvalue weighted by Gasteiger charge is -2.34. The van der Waals surface area contributed by atoms with Crippen LogP contribution in [0.4, 0.5) is 5.69 Å². The van der Waals surface area contributed by atoms with Gasteiger partial charge in [0.05, 0.1) is 20.6 Å². The summed E-state index contributed by atoms with van der Waals surface area (Å²) in [6.45, 7) is 3.61. The summed E-state index contributed by atoms with van der Waals surface area (Å²) >= 11 is 18.6. The Labute approximate surface area is 279 Å². The Morgan fingerprint density at radius 2 is 1.49 bits per heavy atom. The number of nitrogens with one attached hydrogen (secondary N) is 1. The highest BCUT2D eigenvalue weighted by molar-refractivity contribution is 7.92. The standard InChI is InChI=1S/C34H34Cl3N3O4S/c1-3-19-38-34(42)32(21-25-7-5-4-6-8-25)39(22-26-11-18-30(36)31(37)20-26)33(41)23-40(28-14-12-27(35)13-15-28)45(43,44)29-16-9-24(2)10-17-29/h4-18,20,32H,3,19,21-23H2,1-2H3,(H,38,42). The SMILES string of the molecule is CCCNC(=O)C(Cc1ccccc1)N(Cc1ccc(Cl)c(Cl)c1)C(=O)CN(c1ccc(Cl)cc1)S(=O)(=O)c1ccc(C)cc1. The third-order valence-electron chi connectivity index (χ3n) is 7.16. The number of hydrogen-bond donors (Lipinski definition) is 1. The molecule has 0 aliphatic rings. The normalized spacial score (nSPS) is 11.9. The molecule has 11 heteroatoms. The van der Waals surface area contributed by atoms with Crippen molar-refractivity contribution in [2.75, 3.05) is 17.4 Å². The van der Waals surface area contributed by atoms with E-state index in [9.17, 15) is 18.0 Å². The maximum atomic E-state index is 14.4. The smallest absolute Gasteiger partial charge is 0.264 e. The molecule has 0 aliphatic heterocycles. The van der Waals surface area contributed by atoms with Gasteiger partial charge in [-0.2, -0.15) is 0 Å². The van der Waals surface area contributed by atoms with Gasteiger partial charge in [-0.3, -0.25) is 13.9 Å². The van der Waals surface area contributed by atoms with Gasteiger partial charge in [0.1, 0.15) is 12.6 Å². The van der Waals surface area contributed by atoms with Crippen molar-refractivity contribution >= 4 is 62.3 Å². The number of nitrogens with zero attached hydrogens (tertiary/aromatic N) is 2. The van der Waals surface area contributed by atoms with Crippen LogP contribution < -0.4 is 9.62 Å². The van der Waals surface area contributed by atoms with Gasteiger partial charge in [-0.1, -0.05) is 95.8 Å². The summed E-state index contributed by atoms with van der Waals surface area (Å²) in [5, 5.41) is 3.97. The van der Waals surface area contributed by atoms with Crippen molar-refractivity contribution in [3.05, 3.63) is 129 Å². The molecule has 0 saturated carbocycles. The topological polar surface area (TPSA) is 86.8 Å². The monoisotopic (exact) mass is 685 g/mol. The Kier molecular flexibility index (Phi) is 11.9. The predicted octanol–water partition coefficient (Wildman–Crippen LogP) is 7.32. The van der Waals surface area contributed by atoms with Crippen molar-refractivity contribution in [1.29, 1.82) is 0 Å². The van der Waals surface area contributed by atoms with E-state index in [1.807, 2.05) is 44.2 Å². The van der Waals surface area contributed by atoms with E-state index in [1.54, 1.807) is 54.6 Å². The fourth-order valence-corrected chi connectivity index (χ4v) is 6.59. The maximum absolute atomic E-state index is 14.4. The van der Waals surface area contributed by atoms with Gasteiger partial charge in [0.2, 0.25) is 11.8 Å². The minimum absolute atomic E-state index is 0.0217. The van der Waals surface area contributed by atoms with E-state index in [0.29, 0.717) is 33.6 Å². The van der Waals surface area contributed by atoms with Crippen LogP contribution in [-0.4, -0.2) is 44.3 Å². The number of aryl methyl sites for hydroxylation is 1. The molecule has 0 bridgehead atoms. The first-order valence-electron chi connectivity index (χ1n) is 14.4. The lowest BCUT2D eigenvalue weighted by Crippen LogP contribution is -2.53. The number of hydrogen-bond acceptors (Lipinski definition) is 4. The van der Waals surface area contributed by atoms with Gasteiger partial charge in [0, 0.05) is 24.5 Å². The van der Waals surface area contributed by atoms with Crippen molar-refractivity contribution in [3.8, 4) is 0 Å². The second kappa shape index (κ2) is 15.6. The van der Waals surface area contributed by atoms with E-state index in [1.165, 1.54) is 17.0 Å². The van der Waals surface area contributed by atoms with Gasteiger partial charge in [-0.15, -0.1) is 0 Å². The molecule has 0 heterocycles. The highest BCUT2D eigenvalue weighted by Crippen LogP contribution is 2.28. The number of carbonyl (C=O) groups excluding carboxylic acids is 2. The first-order chi connectivity index (χ1) is 21.5. The molecule has 4 aromatic rings.